The van der Waals surface area contributed by atoms with Crippen LogP contribution in [0.15, 0.2) is 24.3 Å². The van der Waals surface area contributed by atoms with Gasteiger partial charge in [-0.1, -0.05) is 0 Å². The number of ether oxygens (including phenoxy) is 1. The number of nitrogens with one attached hydrogen (secondary N) is 2. The normalized spacial score (nSPS) is 15.0. The van der Waals surface area contributed by atoms with Gasteiger partial charge in [-0.15, -0.1) is 0 Å². The number of benzene rings is 1. The van der Waals surface area contributed by atoms with Gasteiger partial charge in [0.2, 0.25) is 0 Å². The zero-order valence-corrected chi connectivity index (χ0v) is 13.0. The zero-order valence-electron chi connectivity index (χ0n) is 13.0. The number of carbonyl (C=O) groups excluding carboxylic acids is 1. The van der Waals surface area contributed by atoms with Crippen LogP contribution in [0.25, 0.3) is 0 Å². The Morgan fingerprint density at radius 1 is 1.23 bits per heavy atom. The Hall–Kier alpha value is -2.30. The van der Waals surface area contributed by atoms with Gasteiger partial charge >= 0.3 is 0 Å². The molecule has 0 aliphatic heterocycles. The number of carbonyl (C=O) groups is 1. The van der Waals surface area contributed by atoms with Crippen LogP contribution in [-0.2, 0) is 0 Å². The molecule has 1 heterocycles. The number of aromatic amines is 1. The number of anilines is 1. The van der Waals surface area contributed by atoms with E-state index in [9.17, 15) is 4.79 Å². The van der Waals surface area contributed by atoms with Crippen molar-refractivity contribution in [1.29, 1.82) is 0 Å². The Morgan fingerprint density at radius 3 is 2.50 bits per heavy atom. The van der Waals surface area contributed by atoms with E-state index in [2.05, 4.69) is 15.5 Å². The summed E-state index contributed by atoms with van der Waals surface area (Å²) in [6.07, 6.45) is 5.07. The molecular weight excluding hydrogens is 278 g/mol. The lowest BCUT2D eigenvalue weighted by Crippen LogP contribution is -2.13. The summed E-state index contributed by atoms with van der Waals surface area (Å²) < 4.78 is 5.91. The SMILES string of the molecule is Cc1n[nH]c(C)c1NC(=O)c1ccc(OC2CCCC2)cc1. The monoisotopic (exact) mass is 299 g/mol. The standard InChI is InChI=1S/C17H21N3O2/c1-11-16(12(2)20-19-11)18-17(21)13-7-9-15(10-8-13)22-14-5-3-4-6-14/h7-10,14H,3-6H2,1-2H3,(H,18,21)(H,19,20). The molecule has 0 saturated heterocycles. The van der Waals surface area contributed by atoms with E-state index in [1.165, 1.54) is 12.8 Å². The van der Waals surface area contributed by atoms with Crippen molar-refractivity contribution in [3.8, 4) is 5.75 Å². The van der Waals surface area contributed by atoms with Crippen LogP contribution in [0.1, 0.15) is 47.4 Å². The summed E-state index contributed by atoms with van der Waals surface area (Å²) in [5, 5.41) is 9.83. The van der Waals surface area contributed by atoms with E-state index in [0.717, 1.165) is 35.7 Å². The average molecular weight is 299 g/mol. The molecule has 0 spiro atoms. The van der Waals surface area contributed by atoms with Gasteiger partial charge in [-0.25, -0.2) is 0 Å². The highest BCUT2D eigenvalue weighted by molar-refractivity contribution is 6.04. The highest BCUT2D eigenvalue weighted by Crippen LogP contribution is 2.24. The molecule has 2 aromatic rings. The topological polar surface area (TPSA) is 67.0 Å². The van der Waals surface area contributed by atoms with E-state index in [4.69, 9.17) is 4.74 Å². The average Bonchev–Trinajstić information content (AvgIpc) is 3.13. The second-order valence-corrected chi connectivity index (χ2v) is 5.81. The molecule has 5 nitrogen and oxygen atoms in total. The first-order valence-corrected chi connectivity index (χ1v) is 7.73. The lowest BCUT2D eigenvalue weighted by molar-refractivity contribution is 0.102. The van der Waals surface area contributed by atoms with E-state index >= 15 is 0 Å². The molecule has 1 aliphatic rings. The third kappa shape index (κ3) is 3.13. The van der Waals surface area contributed by atoms with E-state index in [-0.39, 0.29) is 5.91 Å². The highest BCUT2D eigenvalue weighted by atomic mass is 16.5. The van der Waals surface area contributed by atoms with Crippen molar-refractivity contribution < 1.29 is 9.53 Å². The Morgan fingerprint density at radius 2 is 1.91 bits per heavy atom. The number of aryl methyl sites for hydroxylation is 2. The van der Waals surface area contributed by atoms with Gasteiger partial charge in [0.25, 0.3) is 5.91 Å². The van der Waals surface area contributed by atoms with Gasteiger partial charge in [0.1, 0.15) is 5.75 Å². The van der Waals surface area contributed by atoms with Crippen LogP contribution in [0.5, 0.6) is 5.75 Å². The summed E-state index contributed by atoms with van der Waals surface area (Å²) in [7, 11) is 0. The number of hydrogen-bond acceptors (Lipinski definition) is 3. The maximum absolute atomic E-state index is 12.3. The predicted molar refractivity (Wildman–Crippen MR) is 85.3 cm³/mol. The molecule has 3 rings (SSSR count). The summed E-state index contributed by atoms with van der Waals surface area (Å²) in [5.74, 6) is 0.694. The number of H-pyrrole nitrogens is 1. The first-order valence-electron chi connectivity index (χ1n) is 7.73. The van der Waals surface area contributed by atoms with Crippen LogP contribution in [-0.4, -0.2) is 22.2 Å². The van der Waals surface area contributed by atoms with Crippen LogP contribution >= 0.6 is 0 Å². The van der Waals surface area contributed by atoms with Crippen molar-refractivity contribution in [3.05, 3.63) is 41.2 Å². The Kier molecular flexibility index (Phi) is 4.13. The number of aromatic nitrogens is 2. The predicted octanol–water partition coefficient (Wildman–Crippen LogP) is 3.60. The molecule has 1 aromatic carbocycles. The largest absolute Gasteiger partial charge is 0.490 e. The van der Waals surface area contributed by atoms with Gasteiger partial charge in [0, 0.05) is 5.56 Å². The molecule has 5 heteroatoms. The zero-order chi connectivity index (χ0) is 15.5. The molecule has 1 aromatic heterocycles. The van der Waals surface area contributed by atoms with Gasteiger partial charge < -0.3 is 10.1 Å². The number of amides is 1. The van der Waals surface area contributed by atoms with Crippen molar-refractivity contribution in [2.45, 2.75) is 45.6 Å². The van der Waals surface area contributed by atoms with Crippen LogP contribution < -0.4 is 10.1 Å². The maximum Gasteiger partial charge on any atom is 0.255 e. The van der Waals surface area contributed by atoms with Crippen LogP contribution in [0.3, 0.4) is 0 Å². The second kappa shape index (κ2) is 6.22. The fourth-order valence-electron chi connectivity index (χ4n) is 2.80. The minimum Gasteiger partial charge on any atom is -0.490 e. The molecule has 0 bridgehead atoms. The molecule has 0 atom stereocenters. The number of hydrogen-bond donors (Lipinski definition) is 2. The van der Waals surface area contributed by atoms with Crippen molar-refractivity contribution in [3.63, 3.8) is 0 Å². The Bertz CT molecular complexity index is 636. The number of nitrogens with zero attached hydrogens (tertiary/aromatic N) is 1. The maximum atomic E-state index is 12.3. The molecule has 116 valence electrons. The van der Waals surface area contributed by atoms with Crippen molar-refractivity contribution in [2.24, 2.45) is 0 Å². The molecule has 22 heavy (non-hydrogen) atoms. The smallest absolute Gasteiger partial charge is 0.255 e. The molecule has 1 saturated carbocycles. The molecular formula is C17H21N3O2. The fourth-order valence-corrected chi connectivity index (χ4v) is 2.80. The Balaban J connectivity index is 1.65. The summed E-state index contributed by atoms with van der Waals surface area (Å²) >= 11 is 0. The van der Waals surface area contributed by atoms with Gasteiger partial charge in [0.15, 0.2) is 0 Å². The molecule has 2 N–H and O–H groups in total. The molecule has 1 fully saturated rings. The van der Waals surface area contributed by atoms with E-state index < -0.39 is 0 Å². The first-order chi connectivity index (χ1) is 10.6. The van der Waals surface area contributed by atoms with Gasteiger partial charge in [-0.2, -0.15) is 5.10 Å². The van der Waals surface area contributed by atoms with Crippen LogP contribution in [0.2, 0.25) is 0 Å². The summed E-state index contributed by atoms with van der Waals surface area (Å²) in [4.78, 5) is 12.3. The van der Waals surface area contributed by atoms with E-state index in [1.807, 2.05) is 26.0 Å². The van der Waals surface area contributed by atoms with Crippen LogP contribution in [0, 0.1) is 13.8 Å². The molecule has 1 aliphatic carbocycles. The summed E-state index contributed by atoms with van der Waals surface area (Å²) in [5.41, 5.74) is 2.99. The lowest BCUT2D eigenvalue weighted by Gasteiger charge is -2.13. The number of rotatable bonds is 4. The van der Waals surface area contributed by atoms with Crippen LogP contribution in [0.4, 0.5) is 5.69 Å². The van der Waals surface area contributed by atoms with Crippen molar-refractivity contribution >= 4 is 11.6 Å². The molecule has 1 amide bonds. The Labute approximate surface area is 130 Å². The van der Waals surface area contributed by atoms with Crippen molar-refractivity contribution in [2.75, 3.05) is 5.32 Å². The first kappa shape index (κ1) is 14.6. The lowest BCUT2D eigenvalue weighted by atomic mass is 10.2. The van der Waals surface area contributed by atoms with E-state index in [1.54, 1.807) is 12.1 Å². The highest BCUT2D eigenvalue weighted by Gasteiger charge is 2.17. The third-order valence-electron chi connectivity index (χ3n) is 4.09. The molecule has 0 radical (unpaired) electrons. The fraction of sp³-hybridized carbons (Fsp3) is 0.412. The second-order valence-electron chi connectivity index (χ2n) is 5.81. The summed E-state index contributed by atoms with van der Waals surface area (Å²) in [6.45, 7) is 3.74. The van der Waals surface area contributed by atoms with Crippen molar-refractivity contribution in [1.82, 2.24) is 10.2 Å². The third-order valence-corrected chi connectivity index (χ3v) is 4.09. The summed E-state index contributed by atoms with van der Waals surface area (Å²) in [6, 6.07) is 7.32. The molecule has 0 unspecified atom stereocenters. The van der Waals surface area contributed by atoms with Gasteiger partial charge in [-0.3, -0.25) is 9.89 Å². The minimum absolute atomic E-state index is 0.139. The van der Waals surface area contributed by atoms with Gasteiger partial charge in [0.05, 0.1) is 23.2 Å². The van der Waals surface area contributed by atoms with Gasteiger partial charge in [-0.05, 0) is 63.8 Å². The quantitative estimate of drug-likeness (QED) is 0.906. The minimum atomic E-state index is -0.139. The van der Waals surface area contributed by atoms with E-state index in [0.29, 0.717) is 11.7 Å².